The van der Waals surface area contributed by atoms with Crippen molar-refractivity contribution in [1.82, 2.24) is 9.80 Å². The van der Waals surface area contributed by atoms with E-state index in [9.17, 15) is 14.4 Å². The summed E-state index contributed by atoms with van der Waals surface area (Å²) in [6.45, 7) is 9.20. The molecule has 0 rings (SSSR count). The van der Waals surface area contributed by atoms with Gasteiger partial charge in [0.05, 0.1) is 6.61 Å². The number of amides is 1. The van der Waals surface area contributed by atoms with E-state index in [0.717, 1.165) is 76.5 Å². The van der Waals surface area contributed by atoms with Gasteiger partial charge in [0.25, 0.3) is 5.24 Å². The van der Waals surface area contributed by atoms with Crippen molar-refractivity contribution in [2.75, 3.05) is 46.1 Å². The van der Waals surface area contributed by atoms with Gasteiger partial charge in [0.2, 0.25) is 0 Å². The lowest BCUT2D eigenvalue weighted by Gasteiger charge is -2.23. The Morgan fingerprint density at radius 2 is 1.11 bits per heavy atom. The van der Waals surface area contributed by atoms with Crippen LogP contribution in [0.5, 0.6) is 0 Å². The Kier molecular flexibility index (Phi) is 30.8. The molecule has 0 N–H and O–H groups in total. The van der Waals surface area contributed by atoms with Crippen molar-refractivity contribution in [2.45, 2.75) is 168 Å². The number of unbranched alkanes of at least 4 members (excludes halogenated alkanes) is 13. The summed E-state index contributed by atoms with van der Waals surface area (Å²) in [4.78, 5) is 41.8. The molecule has 0 aliphatic heterocycles. The van der Waals surface area contributed by atoms with E-state index < -0.39 is 0 Å². The predicted molar refractivity (Wildman–Crippen MR) is 187 cm³/mol. The Bertz CT molecular complexity index is 691. The second kappa shape index (κ2) is 31.7. The quantitative estimate of drug-likeness (QED) is 0.0550. The molecule has 0 bridgehead atoms. The summed E-state index contributed by atoms with van der Waals surface area (Å²) < 4.78 is 11.3. The molecular weight excluding hydrogens is 572 g/mol. The van der Waals surface area contributed by atoms with Crippen LogP contribution in [0.2, 0.25) is 0 Å². The molecule has 0 fully saturated rings. The summed E-state index contributed by atoms with van der Waals surface area (Å²) in [6.07, 6.45) is 22.4. The molecule has 0 aromatic carbocycles. The van der Waals surface area contributed by atoms with Crippen LogP contribution in [0.25, 0.3) is 0 Å². The highest BCUT2D eigenvalue weighted by Gasteiger charge is 2.17. The number of hydrogen-bond acceptors (Lipinski definition) is 7. The van der Waals surface area contributed by atoms with E-state index in [0.29, 0.717) is 39.0 Å². The zero-order valence-corrected chi connectivity index (χ0v) is 30.3. The van der Waals surface area contributed by atoms with Crippen LogP contribution in [0.4, 0.5) is 4.79 Å². The number of ether oxygens (including phenoxy) is 2. The molecule has 0 aliphatic carbocycles. The summed E-state index contributed by atoms with van der Waals surface area (Å²) in [5, 5.41) is 0.0719. The first kappa shape index (κ1) is 42.7. The molecule has 1 amide bonds. The number of nitrogens with zero attached hydrogens (tertiary/aromatic N) is 2. The number of hydrogen-bond donors (Lipinski definition) is 0. The lowest BCUT2D eigenvalue weighted by atomic mass is 10.0. The molecule has 0 saturated carbocycles. The lowest BCUT2D eigenvalue weighted by Crippen LogP contribution is -2.31. The van der Waals surface area contributed by atoms with Crippen LogP contribution in [0.1, 0.15) is 162 Å². The van der Waals surface area contributed by atoms with Gasteiger partial charge < -0.3 is 19.3 Å². The minimum atomic E-state index is -0.135. The average Bonchev–Trinajstić information content (AvgIpc) is 2.99. The molecule has 7 nitrogen and oxygen atoms in total. The SMILES string of the molecule is CCCCCCCCCOC(=O)CCCCCN(CCCC(=O)OC(CCCCC)CCCCCC)C(=O)SCCN(C)C. The first-order valence-corrected chi connectivity index (χ1v) is 19.2. The van der Waals surface area contributed by atoms with Gasteiger partial charge in [-0.1, -0.05) is 110 Å². The zero-order chi connectivity index (χ0) is 32.7. The van der Waals surface area contributed by atoms with Crippen LogP contribution >= 0.6 is 11.8 Å². The van der Waals surface area contributed by atoms with E-state index in [-0.39, 0.29) is 23.3 Å². The molecule has 0 heterocycles. The van der Waals surface area contributed by atoms with Crippen molar-refractivity contribution in [3.63, 3.8) is 0 Å². The second-order valence-electron chi connectivity index (χ2n) is 12.6. The first-order chi connectivity index (χ1) is 21.3. The fourth-order valence-corrected chi connectivity index (χ4v) is 6.11. The van der Waals surface area contributed by atoms with Gasteiger partial charge in [-0.2, -0.15) is 0 Å². The van der Waals surface area contributed by atoms with Crippen LogP contribution in [-0.2, 0) is 19.1 Å². The van der Waals surface area contributed by atoms with Gasteiger partial charge in [0.1, 0.15) is 6.10 Å². The monoisotopic (exact) mass is 643 g/mol. The average molecular weight is 643 g/mol. The fourth-order valence-electron chi connectivity index (χ4n) is 5.11. The molecule has 0 aromatic rings. The topological polar surface area (TPSA) is 76.1 Å². The summed E-state index contributed by atoms with van der Waals surface area (Å²) >= 11 is 1.35. The summed E-state index contributed by atoms with van der Waals surface area (Å²) in [5.41, 5.74) is 0. The Balaban J connectivity index is 4.49. The fraction of sp³-hybridized carbons (Fsp3) is 0.917. The van der Waals surface area contributed by atoms with E-state index in [1.807, 2.05) is 19.0 Å². The highest BCUT2D eigenvalue weighted by molar-refractivity contribution is 8.13. The Morgan fingerprint density at radius 1 is 0.591 bits per heavy atom. The molecule has 44 heavy (non-hydrogen) atoms. The van der Waals surface area contributed by atoms with E-state index >= 15 is 0 Å². The van der Waals surface area contributed by atoms with Crippen molar-refractivity contribution < 1.29 is 23.9 Å². The first-order valence-electron chi connectivity index (χ1n) is 18.2. The number of carbonyl (C=O) groups is 3. The number of esters is 2. The van der Waals surface area contributed by atoms with Crippen molar-refractivity contribution in [1.29, 1.82) is 0 Å². The van der Waals surface area contributed by atoms with Crippen molar-refractivity contribution >= 4 is 28.9 Å². The van der Waals surface area contributed by atoms with E-state index in [2.05, 4.69) is 25.7 Å². The van der Waals surface area contributed by atoms with Gasteiger partial charge in [-0.25, -0.2) is 0 Å². The van der Waals surface area contributed by atoms with Crippen molar-refractivity contribution in [3.8, 4) is 0 Å². The molecule has 0 radical (unpaired) electrons. The largest absolute Gasteiger partial charge is 0.466 e. The number of thioether (sulfide) groups is 1. The molecule has 260 valence electrons. The molecule has 0 aliphatic rings. The van der Waals surface area contributed by atoms with Gasteiger partial charge in [0, 0.05) is 38.2 Å². The molecular formula is C36H70N2O5S. The predicted octanol–water partition coefficient (Wildman–Crippen LogP) is 9.80. The van der Waals surface area contributed by atoms with Gasteiger partial charge in [0.15, 0.2) is 0 Å². The van der Waals surface area contributed by atoms with Gasteiger partial charge in [-0.15, -0.1) is 0 Å². The summed E-state index contributed by atoms with van der Waals surface area (Å²) in [7, 11) is 4.01. The van der Waals surface area contributed by atoms with Crippen LogP contribution < -0.4 is 0 Å². The molecule has 8 heteroatoms. The van der Waals surface area contributed by atoms with Crippen LogP contribution in [-0.4, -0.2) is 79.2 Å². The normalized spacial score (nSPS) is 12.0. The van der Waals surface area contributed by atoms with E-state index in [4.69, 9.17) is 9.47 Å². The third kappa shape index (κ3) is 28.2. The molecule has 1 unspecified atom stereocenters. The second-order valence-corrected chi connectivity index (χ2v) is 13.7. The maximum absolute atomic E-state index is 13.0. The van der Waals surface area contributed by atoms with Crippen LogP contribution in [0, 0.1) is 0 Å². The molecule has 1 atom stereocenters. The van der Waals surface area contributed by atoms with Gasteiger partial charge in [-0.3, -0.25) is 14.4 Å². The van der Waals surface area contributed by atoms with Crippen molar-refractivity contribution in [3.05, 3.63) is 0 Å². The number of carbonyl (C=O) groups excluding carboxylic acids is 3. The maximum Gasteiger partial charge on any atom is 0.306 e. The van der Waals surface area contributed by atoms with Gasteiger partial charge >= 0.3 is 11.9 Å². The van der Waals surface area contributed by atoms with E-state index in [1.165, 1.54) is 69.5 Å². The van der Waals surface area contributed by atoms with Crippen LogP contribution in [0.15, 0.2) is 0 Å². The molecule has 0 aromatic heterocycles. The highest BCUT2D eigenvalue weighted by atomic mass is 32.2. The third-order valence-corrected chi connectivity index (χ3v) is 8.85. The molecule has 0 saturated heterocycles. The minimum Gasteiger partial charge on any atom is -0.466 e. The minimum absolute atomic E-state index is 0.0208. The lowest BCUT2D eigenvalue weighted by molar-refractivity contribution is -0.150. The zero-order valence-electron chi connectivity index (χ0n) is 29.5. The van der Waals surface area contributed by atoms with E-state index in [1.54, 1.807) is 0 Å². The molecule has 0 spiro atoms. The van der Waals surface area contributed by atoms with Gasteiger partial charge in [-0.05, 0) is 65.5 Å². The highest BCUT2D eigenvalue weighted by Crippen LogP contribution is 2.17. The summed E-state index contributed by atoms with van der Waals surface area (Å²) in [5.74, 6) is 0.497. The standard InChI is InChI=1S/C36H70N2O5S/c1-6-9-12-14-15-16-22-31-42-34(39)26-20-17-21-28-38(36(41)44-32-30-37(4)5)29-23-27-35(40)43-33(24-18-11-8-3)25-19-13-10-7-2/h33H,6-32H2,1-5H3. The Labute approximate surface area is 276 Å². The Hall–Kier alpha value is -1.28. The van der Waals surface area contributed by atoms with Crippen LogP contribution in [0.3, 0.4) is 0 Å². The third-order valence-electron chi connectivity index (χ3n) is 7.96. The maximum atomic E-state index is 13.0. The number of rotatable bonds is 31. The smallest absolute Gasteiger partial charge is 0.306 e. The Morgan fingerprint density at radius 3 is 1.77 bits per heavy atom. The summed E-state index contributed by atoms with van der Waals surface area (Å²) in [6, 6.07) is 0. The van der Waals surface area contributed by atoms with Crippen molar-refractivity contribution in [2.24, 2.45) is 0 Å².